The highest BCUT2D eigenvalue weighted by molar-refractivity contribution is 7.22. The monoisotopic (exact) mass is 440 g/mol. The number of fused-ring (bicyclic) bond motifs is 1. The van der Waals surface area contributed by atoms with Crippen molar-refractivity contribution in [3.63, 3.8) is 0 Å². The van der Waals surface area contributed by atoms with Gasteiger partial charge in [-0.1, -0.05) is 78.1 Å². The zero-order chi connectivity index (χ0) is 22.4. The van der Waals surface area contributed by atoms with Gasteiger partial charge in [-0.25, -0.2) is 4.98 Å². The van der Waals surface area contributed by atoms with Crippen LogP contribution in [0.25, 0.3) is 16.0 Å². The number of carbonyl (C=O) groups excluding carboxylic acids is 2. The van der Waals surface area contributed by atoms with Crippen molar-refractivity contribution < 1.29 is 14.7 Å². The van der Waals surface area contributed by atoms with Gasteiger partial charge in [-0.3, -0.25) is 14.5 Å². The van der Waals surface area contributed by atoms with E-state index in [1.807, 2.05) is 62.4 Å². The number of aromatic nitrogens is 1. The highest BCUT2D eigenvalue weighted by Gasteiger charge is 2.48. The van der Waals surface area contributed by atoms with Crippen molar-refractivity contribution in [2.45, 2.75) is 19.9 Å². The Kier molecular flexibility index (Phi) is 4.87. The van der Waals surface area contributed by atoms with Gasteiger partial charge in [-0.2, -0.15) is 0 Å². The average molecular weight is 441 g/mol. The first kappa shape index (κ1) is 20.2. The molecule has 1 aliphatic heterocycles. The van der Waals surface area contributed by atoms with Crippen LogP contribution >= 0.6 is 11.3 Å². The summed E-state index contributed by atoms with van der Waals surface area (Å²) in [5.41, 5.74) is 4.22. The van der Waals surface area contributed by atoms with Gasteiger partial charge in [0.15, 0.2) is 5.13 Å². The number of aliphatic hydroxyl groups is 1. The average Bonchev–Trinajstić information content (AvgIpc) is 3.33. The molecule has 0 spiro atoms. The summed E-state index contributed by atoms with van der Waals surface area (Å²) in [7, 11) is 0. The van der Waals surface area contributed by atoms with Crippen molar-refractivity contribution in [2.75, 3.05) is 4.90 Å². The summed E-state index contributed by atoms with van der Waals surface area (Å²) in [5.74, 6) is -1.59. The fraction of sp³-hybridized carbons (Fsp3) is 0.115. The van der Waals surface area contributed by atoms with Crippen LogP contribution in [0.3, 0.4) is 0 Å². The van der Waals surface area contributed by atoms with Crippen molar-refractivity contribution in [1.29, 1.82) is 0 Å². The Morgan fingerprint density at radius 3 is 2.31 bits per heavy atom. The highest BCUT2D eigenvalue weighted by atomic mass is 32.1. The standard InChI is InChI=1S/C26H20N2O3S/c1-15-13-16(2)21-19(14-15)32-26(27-21)28-22(17-9-5-3-6-10-17)20(24(30)25(28)31)23(29)18-11-7-4-8-12-18/h3-14,22,29H,1-2H3/b23-20+. The molecule has 1 unspecified atom stereocenters. The molecule has 0 saturated carbocycles. The minimum absolute atomic E-state index is 0.0690. The summed E-state index contributed by atoms with van der Waals surface area (Å²) in [6.07, 6.45) is 0. The number of carbonyl (C=O) groups is 2. The second kappa shape index (κ2) is 7.73. The third-order valence-corrected chi connectivity index (χ3v) is 6.63. The number of rotatable bonds is 3. The van der Waals surface area contributed by atoms with Gasteiger partial charge in [0.25, 0.3) is 5.78 Å². The number of amides is 1. The van der Waals surface area contributed by atoms with Gasteiger partial charge in [-0.05, 0) is 36.6 Å². The number of ketones is 1. The molecular formula is C26H20N2O3S. The zero-order valence-corrected chi connectivity index (χ0v) is 18.4. The maximum atomic E-state index is 13.3. The molecule has 1 atom stereocenters. The number of hydrogen-bond donors (Lipinski definition) is 1. The van der Waals surface area contributed by atoms with E-state index in [2.05, 4.69) is 0 Å². The lowest BCUT2D eigenvalue weighted by Crippen LogP contribution is -2.29. The van der Waals surface area contributed by atoms with Gasteiger partial charge >= 0.3 is 5.91 Å². The molecular weight excluding hydrogens is 420 g/mol. The van der Waals surface area contributed by atoms with Crippen molar-refractivity contribution in [2.24, 2.45) is 0 Å². The molecule has 2 heterocycles. The summed E-state index contributed by atoms with van der Waals surface area (Å²) in [5, 5.41) is 11.5. The molecule has 5 nitrogen and oxygen atoms in total. The number of thiazole rings is 1. The number of benzene rings is 3. The van der Waals surface area contributed by atoms with Gasteiger partial charge in [0.2, 0.25) is 0 Å². The van der Waals surface area contributed by atoms with E-state index in [1.165, 1.54) is 16.2 Å². The largest absolute Gasteiger partial charge is 0.507 e. The molecule has 0 aliphatic carbocycles. The summed E-state index contributed by atoms with van der Waals surface area (Å²) in [6, 6.07) is 21.4. The molecule has 1 saturated heterocycles. The number of aliphatic hydroxyl groups excluding tert-OH is 1. The Morgan fingerprint density at radius 2 is 1.62 bits per heavy atom. The van der Waals surface area contributed by atoms with Crippen molar-refractivity contribution in [3.8, 4) is 0 Å². The van der Waals surface area contributed by atoms with Gasteiger partial charge in [0.05, 0.1) is 21.8 Å². The quantitative estimate of drug-likeness (QED) is 0.258. The summed E-state index contributed by atoms with van der Waals surface area (Å²) < 4.78 is 0.953. The predicted octanol–water partition coefficient (Wildman–Crippen LogP) is 5.54. The highest BCUT2D eigenvalue weighted by Crippen LogP contribution is 2.44. The van der Waals surface area contributed by atoms with Gasteiger partial charge < -0.3 is 5.11 Å². The van der Waals surface area contributed by atoms with E-state index in [4.69, 9.17) is 4.98 Å². The Bertz CT molecular complexity index is 1390. The number of Topliss-reactive ketones (excluding diaryl/α,β-unsaturated/α-hetero) is 1. The molecule has 158 valence electrons. The van der Waals surface area contributed by atoms with E-state index in [1.54, 1.807) is 24.3 Å². The number of aryl methyl sites for hydroxylation is 2. The Labute approximate surface area is 189 Å². The van der Waals surface area contributed by atoms with Crippen molar-refractivity contribution in [1.82, 2.24) is 4.98 Å². The molecule has 1 N–H and O–H groups in total. The van der Waals surface area contributed by atoms with Crippen LogP contribution in [0, 0.1) is 13.8 Å². The third kappa shape index (κ3) is 3.20. The summed E-state index contributed by atoms with van der Waals surface area (Å²) in [4.78, 5) is 32.6. The van der Waals surface area contributed by atoms with Gasteiger partial charge in [0, 0.05) is 5.56 Å². The van der Waals surface area contributed by atoms with E-state index in [0.717, 1.165) is 26.9 Å². The van der Waals surface area contributed by atoms with Crippen LogP contribution in [0.2, 0.25) is 0 Å². The lowest BCUT2D eigenvalue weighted by atomic mass is 9.95. The second-order valence-corrected chi connectivity index (χ2v) is 8.88. The van der Waals surface area contributed by atoms with Crippen LogP contribution in [-0.2, 0) is 9.59 Å². The molecule has 0 radical (unpaired) electrons. The smallest absolute Gasteiger partial charge is 0.301 e. The molecule has 1 aromatic heterocycles. The maximum absolute atomic E-state index is 13.3. The Balaban J connectivity index is 1.74. The van der Waals surface area contributed by atoms with Crippen LogP contribution in [0.15, 0.2) is 78.4 Å². The number of anilines is 1. The Morgan fingerprint density at radius 1 is 0.969 bits per heavy atom. The lowest BCUT2D eigenvalue weighted by Gasteiger charge is -2.22. The molecule has 4 aromatic rings. The maximum Gasteiger partial charge on any atom is 0.301 e. The second-order valence-electron chi connectivity index (χ2n) is 7.87. The van der Waals surface area contributed by atoms with E-state index in [9.17, 15) is 14.7 Å². The molecule has 1 fully saturated rings. The number of nitrogens with zero attached hydrogens (tertiary/aromatic N) is 2. The van der Waals surface area contributed by atoms with Crippen molar-refractivity contribution in [3.05, 3.63) is 101 Å². The molecule has 3 aromatic carbocycles. The molecule has 1 aliphatic rings. The third-order valence-electron chi connectivity index (χ3n) is 5.63. The first-order valence-electron chi connectivity index (χ1n) is 10.2. The first-order chi connectivity index (χ1) is 15.5. The van der Waals surface area contributed by atoms with Crippen LogP contribution < -0.4 is 4.90 Å². The SMILES string of the molecule is Cc1cc(C)c2nc(N3C(=O)C(=O)/C(=C(/O)c4ccccc4)C3c3ccccc3)sc2c1. The molecule has 1 amide bonds. The Hall–Kier alpha value is -3.77. The van der Waals surface area contributed by atoms with Crippen LogP contribution in [0.5, 0.6) is 0 Å². The number of hydrogen-bond acceptors (Lipinski definition) is 5. The fourth-order valence-corrected chi connectivity index (χ4v) is 5.36. The predicted molar refractivity (Wildman–Crippen MR) is 127 cm³/mol. The summed E-state index contributed by atoms with van der Waals surface area (Å²) in [6.45, 7) is 4.00. The van der Waals surface area contributed by atoms with E-state index in [0.29, 0.717) is 10.7 Å². The van der Waals surface area contributed by atoms with E-state index in [-0.39, 0.29) is 11.3 Å². The zero-order valence-electron chi connectivity index (χ0n) is 17.6. The van der Waals surface area contributed by atoms with Crippen LogP contribution in [-0.4, -0.2) is 21.8 Å². The molecule has 0 bridgehead atoms. The van der Waals surface area contributed by atoms with Gasteiger partial charge in [0.1, 0.15) is 5.76 Å². The lowest BCUT2D eigenvalue weighted by molar-refractivity contribution is -0.132. The van der Waals surface area contributed by atoms with E-state index < -0.39 is 17.7 Å². The van der Waals surface area contributed by atoms with Crippen LogP contribution in [0.1, 0.15) is 28.3 Å². The van der Waals surface area contributed by atoms with Gasteiger partial charge in [-0.15, -0.1) is 0 Å². The topological polar surface area (TPSA) is 70.5 Å². The minimum Gasteiger partial charge on any atom is -0.507 e. The first-order valence-corrected chi connectivity index (χ1v) is 11.1. The van der Waals surface area contributed by atoms with Crippen molar-refractivity contribution >= 4 is 44.1 Å². The fourth-order valence-electron chi connectivity index (χ4n) is 4.19. The summed E-state index contributed by atoms with van der Waals surface area (Å²) >= 11 is 1.37. The van der Waals surface area contributed by atoms with E-state index >= 15 is 0 Å². The molecule has 5 rings (SSSR count). The molecule has 6 heteroatoms. The normalized spacial score (nSPS) is 17.9. The van der Waals surface area contributed by atoms with Crippen LogP contribution in [0.4, 0.5) is 5.13 Å². The minimum atomic E-state index is -0.765. The molecule has 32 heavy (non-hydrogen) atoms.